The molecule has 0 fully saturated rings. The average Bonchev–Trinajstić information content (AvgIpc) is 2.13. The first-order valence-corrected chi connectivity index (χ1v) is 5.40. The molecule has 1 atom stereocenters. The maximum atomic E-state index is 9.57. The first-order chi connectivity index (χ1) is 6.07. The van der Waals surface area contributed by atoms with E-state index in [-0.39, 0.29) is 5.88 Å². The minimum absolute atomic E-state index is 0.232. The Balaban J connectivity index is 3.18. The zero-order valence-corrected chi connectivity index (χ0v) is 9.98. The first-order valence-electron chi connectivity index (χ1n) is 4.07. The Labute approximate surface area is 91.9 Å². The van der Waals surface area contributed by atoms with E-state index in [2.05, 4.69) is 15.9 Å². The first kappa shape index (κ1) is 11.0. The van der Waals surface area contributed by atoms with Crippen molar-refractivity contribution in [3.05, 3.63) is 33.3 Å². The molecule has 1 unspecified atom stereocenters. The van der Waals surface area contributed by atoms with Gasteiger partial charge in [-0.05, 0) is 30.5 Å². The van der Waals surface area contributed by atoms with Crippen molar-refractivity contribution in [2.24, 2.45) is 0 Å². The molecule has 1 aromatic rings. The largest absolute Gasteiger partial charge is 0.387 e. The van der Waals surface area contributed by atoms with Gasteiger partial charge < -0.3 is 5.11 Å². The summed E-state index contributed by atoms with van der Waals surface area (Å²) in [5.41, 5.74) is 3.13. The summed E-state index contributed by atoms with van der Waals surface area (Å²) in [6.07, 6.45) is -0.571. The molecule has 0 saturated heterocycles. The number of hydrogen-bond acceptors (Lipinski definition) is 1. The molecule has 0 spiro atoms. The molecule has 0 aliphatic heterocycles. The van der Waals surface area contributed by atoms with Gasteiger partial charge in [-0.3, -0.25) is 0 Å². The van der Waals surface area contributed by atoms with Gasteiger partial charge in [0.15, 0.2) is 0 Å². The fraction of sp³-hybridized carbons (Fsp3) is 0.400. The second kappa shape index (κ2) is 4.45. The van der Waals surface area contributed by atoms with Gasteiger partial charge in [0, 0.05) is 4.47 Å². The van der Waals surface area contributed by atoms with Crippen LogP contribution in [-0.4, -0.2) is 11.0 Å². The molecule has 0 aliphatic rings. The SMILES string of the molecule is Cc1ccc(C(O)CCl)c(C)c1Br. The molecule has 13 heavy (non-hydrogen) atoms. The van der Waals surface area contributed by atoms with E-state index in [1.54, 1.807) is 0 Å². The molecule has 0 aromatic heterocycles. The molecule has 0 aliphatic carbocycles. The molecule has 1 nitrogen and oxygen atoms in total. The van der Waals surface area contributed by atoms with Gasteiger partial charge in [-0.1, -0.05) is 28.1 Å². The summed E-state index contributed by atoms with van der Waals surface area (Å²) >= 11 is 9.06. The van der Waals surface area contributed by atoms with E-state index >= 15 is 0 Å². The number of aryl methyl sites for hydroxylation is 1. The van der Waals surface area contributed by atoms with Crippen LogP contribution >= 0.6 is 27.5 Å². The van der Waals surface area contributed by atoms with Crippen LogP contribution in [0.25, 0.3) is 0 Å². The average molecular weight is 264 g/mol. The number of rotatable bonds is 2. The predicted octanol–water partition coefficient (Wildman–Crippen LogP) is 3.34. The molecule has 1 rings (SSSR count). The summed E-state index contributed by atoms with van der Waals surface area (Å²) in [6.45, 7) is 4.00. The number of alkyl halides is 1. The summed E-state index contributed by atoms with van der Waals surface area (Å²) in [4.78, 5) is 0. The lowest BCUT2D eigenvalue weighted by Gasteiger charge is -2.13. The summed E-state index contributed by atoms with van der Waals surface area (Å²) in [6, 6.07) is 3.89. The van der Waals surface area contributed by atoms with Crippen molar-refractivity contribution in [1.82, 2.24) is 0 Å². The molecule has 72 valence electrons. The number of benzene rings is 1. The van der Waals surface area contributed by atoms with Gasteiger partial charge in [0.2, 0.25) is 0 Å². The number of aliphatic hydroxyl groups excluding tert-OH is 1. The molecular formula is C10H12BrClO. The molecule has 0 bridgehead atoms. The molecule has 1 N–H and O–H groups in total. The fourth-order valence-corrected chi connectivity index (χ4v) is 1.81. The Morgan fingerprint density at radius 1 is 1.46 bits per heavy atom. The molecule has 0 radical (unpaired) electrons. The molecule has 3 heteroatoms. The van der Waals surface area contributed by atoms with Crippen LogP contribution in [0.2, 0.25) is 0 Å². The van der Waals surface area contributed by atoms with Gasteiger partial charge in [0.25, 0.3) is 0 Å². The second-order valence-corrected chi connectivity index (χ2v) is 4.18. The molecule has 0 heterocycles. The summed E-state index contributed by atoms with van der Waals surface area (Å²) < 4.78 is 1.05. The highest BCUT2D eigenvalue weighted by Crippen LogP contribution is 2.28. The van der Waals surface area contributed by atoms with Crippen LogP contribution in [0.1, 0.15) is 22.8 Å². The Morgan fingerprint density at radius 3 is 2.62 bits per heavy atom. The van der Waals surface area contributed by atoms with Crippen LogP contribution in [0, 0.1) is 13.8 Å². The van der Waals surface area contributed by atoms with E-state index < -0.39 is 6.10 Å². The van der Waals surface area contributed by atoms with E-state index in [9.17, 15) is 5.11 Å². The van der Waals surface area contributed by atoms with Gasteiger partial charge in [-0.2, -0.15) is 0 Å². The van der Waals surface area contributed by atoms with E-state index in [1.807, 2.05) is 26.0 Å². The standard InChI is InChI=1S/C10H12BrClO/c1-6-3-4-8(9(13)5-12)7(2)10(6)11/h3-4,9,13H,5H2,1-2H3. The highest BCUT2D eigenvalue weighted by molar-refractivity contribution is 9.10. The zero-order valence-electron chi connectivity index (χ0n) is 7.64. The van der Waals surface area contributed by atoms with Crippen molar-refractivity contribution in [2.75, 3.05) is 5.88 Å². The minimum atomic E-state index is -0.571. The van der Waals surface area contributed by atoms with Crippen molar-refractivity contribution in [2.45, 2.75) is 20.0 Å². The highest BCUT2D eigenvalue weighted by atomic mass is 79.9. The third-order valence-corrected chi connectivity index (χ3v) is 3.64. The smallest absolute Gasteiger partial charge is 0.0928 e. The van der Waals surface area contributed by atoms with Gasteiger partial charge in [-0.15, -0.1) is 11.6 Å². The lowest BCUT2D eigenvalue weighted by atomic mass is 10.0. The third kappa shape index (κ3) is 2.25. The third-order valence-electron chi connectivity index (χ3n) is 2.13. The Kier molecular flexibility index (Phi) is 3.77. The Morgan fingerprint density at radius 2 is 2.08 bits per heavy atom. The zero-order chi connectivity index (χ0) is 10.0. The van der Waals surface area contributed by atoms with Crippen molar-refractivity contribution < 1.29 is 5.11 Å². The van der Waals surface area contributed by atoms with Crippen molar-refractivity contribution >= 4 is 27.5 Å². The lowest BCUT2D eigenvalue weighted by molar-refractivity contribution is 0.202. The van der Waals surface area contributed by atoms with E-state index in [0.29, 0.717) is 0 Å². The fourth-order valence-electron chi connectivity index (χ4n) is 1.28. The summed E-state index contributed by atoms with van der Waals surface area (Å²) in [5.74, 6) is 0.232. The molecule has 1 aromatic carbocycles. The number of halogens is 2. The topological polar surface area (TPSA) is 20.2 Å². The Hall–Kier alpha value is -0.0500. The van der Waals surface area contributed by atoms with Crippen LogP contribution in [0.15, 0.2) is 16.6 Å². The normalized spacial score (nSPS) is 13.0. The predicted molar refractivity (Wildman–Crippen MR) is 59.3 cm³/mol. The van der Waals surface area contributed by atoms with Crippen molar-refractivity contribution in [3.8, 4) is 0 Å². The quantitative estimate of drug-likeness (QED) is 0.812. The maximum absolute atomic E-state index is 9.57. The van der Waals surface area contributed by atoms with Gasteiger partial charge >= 0.3 is 0 Å². The molecular weight excluding hydrogens is 251 g/mol. The van der Waals surface area contributed by atoms with Gasteiger partial charge in [-0.25, -0.2) is 0 Å². The number of aliphatic hydroxyl groups is 1. The van der Waals surface area contributed by atoms with Crippen molar-refractivity contribution in [1.29, 1.82) is 0 Å². The minimum Gasteiger partial charge on any atom is -0.387 e. The van der Waals surface area contributed by atoms with Crippen molar-refractivity contribution in [3.63, 3.8) is 0 Å². The second-order valence-electron chi connectivity index (χ2n) is 3.08. The Bertz CT molecular complexity index is 312. The van der Waals surface area contributed by atoms with Crippen LogP contribution in [0.3, 0.4) is 0 Å². The monoisotopic (exact) mass is 262 g/mol. The van der Waals surface area contributed by atoms with Crippen LogP contribution in [0.5, 0.6) is 0 Å². The number of hydrogen-bond donors (Lipinski definition) is 1. The van der Waals surface area contributed by atoms with Crippen LogP contribution < -0.4 is 0 Å². The summed E-state index contributed by atoms with van der Waals surface area (Å²) in [7, 11) is 0. The van der Waals surface area contributed by atoms with Gasteiger partial charge in [0.05, 0.1) is 12.0 Å². The van der Waals surface area contributed by atoms with E-state index in [4.69, 9.17) is 11.6 Å². The lowest BCUT2D eigenvalue weighted by Crippen LogP contribution is -2.02. The highest BCUT2D eigenvalue weighted by Gasteiger charge is 2.11. The maximum Gasteiger partial charge on any atom is 0.0928 e. The molecule has 0 amide bonds. The van der Waals surface area contributed by atoms with Crippen LogP contribution in [0.4, 0.5) is 0 Å². The van der Waals surface area contributed by atoms with Gasteiger partial charge in [0.1, 0.15) is 0 Å². The van der Waals surface area contributed by atoms with E-state index in [0.717, 1.165) is 15.6 Å². The molecule has 0 saturated carbocycles. The van der Waals surface area contributed by atoms with E-state index in [1.165, 1.54) is 5.56 Å². The van der Waals surface area contributed by atoms with Crippen LogP contribution in [-0.2, 0) is 0 Å². The summed E-state index contributed by atoms with van der Waals surface area (Å²) in [5, 5.41) is 9.57.